The van der Waals surface area contributed by atoms with E-state index in [0.717, 1.165) is 52.0 Å². The van der Waals surface area contributed by atoms with Gasteiger partial charge in [0.25, 0.3) is 0 Å². The molecule has 6 heteroatoms. The van der Waals surface area contributed by atoms with Gasteiger partial charge < -0.3 is 13.3 Å². The van der Waals surface area contributed by atoms with Crippen LogP contribution in [-0.2, 0) is 16.2 Å². The van der Waals surface area contributed by atoms with Crippen LogP contribution in [0.1, 0.15) is 144 Å². The molecule has 0 amide bonds. The lowest BCUT2D eigenvalue weighted by Crippen LogP contribution is -2.12. The molecule has 3 heterocycles. The van der Waals surface area contributed by atoms with Crippen LogP contribution >= 0.6 is 0 Å². The first-order valence-corrected chi connectivity index (χ1v) is 11.6. The molecule has 0 radical (unpaired) electrons. The van der Waals surface area contributed by atoms with E-state index in [9.17, 15) is 0 Å². The Balaban J connectivity index is -0.000000209. The first kappa shape index (κ1) is 41.7. The van der Waals surface area contributed by atoms with Crippen LogP contribution in [0.15, 0.2) is 13.3 Å². The van der Waals surface area contributed by atoms with Crippen molar-refractivity contribution in [3.05, 3.63) is 52.0 Å². The third-order valence-electron chi connectivity index (χ3n) is 4.87. The molecule has 0 bridgehead atoms. The highest BCUT2D eigenvalue weighted by molar-refractivity contribution is 5.17. The minimum absolute atomic E-state index is 0. The molecule has 0 unspecified atom stereocenters. The number of hydrogen-bond acceptors (Lipinski definition) is 6. The van der Waals surface area contributed by atoms with Gasteiger partial charge in [0.15, 0.2) is 17.7 Å². The molecule has 0 aliphatic heterocycles. The van der Waals surface area contributed by atoms with Crippen molar-refractivity contribution >= 4 is 0 Å². The molecule has 3 rings (SSSR count). The Bertz CT molecular complexity index is 958. The molecule has 0 aliphatic carbocycles. The Kier molecular flexibility index (Phi) is 17.1. The summed E-state index contributed by atoms with van der Waals surface area (Å²) >= 11 is 0. The molecule has 0 N–H and O–H groups in total. The van der Waals surface area contributed by atoms with Gasteiger partial charge in [0.2, 0.25) is 0 Å². The fraction of sp³-hybridized carbons (Fsp3) is 0.710. The summed E-state index contributed by atoms with van der Waals surface area (Å²) < 4.78 is 16.3. The molecule has 0 saturated carbocycles. The van der Waals surface area contributed by atoms with Gasteiger partial charge in [0.05, 0.1) is 17.1 Å². The van der Waals surface area contributed by atoms with Gasteiger partial charge in [0.1, 0.15) is 17.3 Å². The monoisotopic (exact) mass is 523 g/mol. The van der Waals surface area contributed by atoms with Gasteiger partial charge in [-0.1, -0.05) is 92.0 Å². The Labute approximate surface area is 230 Å². The lowest BCUT2D eigenvalue weighted by molar-refractivity contribution is 0.380. The zero-order valence-electron chi connectivity index (χ0n) is 23.6. The number of aromatic nitrogens is 3. The summed E-state index contributed by atoms with van der Waals surface area (Å²) in [6.45, 7) is 30.7. The van der Waals surface area contributed by atoms with E-state index in [1.165, 1.54) is 0 Å². The fourth-order valence-corrected chi connectivity index (χ4v) is 3.25. The van der Waals surface area contributed by atoms with E-state index in [-0.39, 0.29) is 46.0 Å². The third kappa shape index (κ3) is 12.6. The molecule has 0 fully saturated rings. The van der Waals surface area contributed by atoms with Gasteiger partial charge >= 0.3 is 0 Å². The zero-order chi connectivity index (χ0) is 25.9. The average molecular weight is 524 g/mol. The van der Waals surface area contributed by atoms with Gasteiger partial charge in [-0.05, 0) is 27.7 Å². The molecule has 3 aromatic rings. The van der Waals surface area contributed by atoms with Crippen molar-refractivity contribution in [2.24, 2.45) is 0 Å². The maximum absolute atomic E-state index is 5.47. The second-order valence-electron chi connectivity index (χ2n) is 11.7. The van der Waals surface area contributed by atoms with Crippen LogP contribution in [0.25, 0.3) is 0 Å². The first-order chi connectivity index (χ1) is 14.7. The van der Waals surface area contributed by atoms with Gasteiger partial charge in [-0.15, -0.1) is 0 Å². The van der Waals surface area contributed by atoms with Gasteiger partial charge in [-0.25, -0.2) is 15.0 Å². The number of aryl methyl sites for hydroxylation is 6. The number of hydrogen-bond donors (Lipinski definition) is 0. The van der Waals surface area contributed by atoms with E-state index in [0.29, 0.717) is 0 Å². The second kappa shape index (κ2) is 15.1. The number of nitrogens with zero attached hydrogens (tertiary/aromatic N) is 3. The van der Waals surface area contributed by atoms with Crippen LogP contribution in [0.4, 0.5) is 0 Å². The molecule has 0 saturated heterocycles. The highest BCUT2D eigenvalue weighted by Crippen LogP contribution is 2.26. The van der Waals surface area contributed by atoms with Crippen molar-refractivity contribution in [2.45, 2.75) is 150 Å². The molecule has 218 valence electrons. The molecule has 0 atom stereocenters. The highest BCUT2D eigenvalue weighted by Gasteiger charge is 2.22. The molecular weight excluding hydrogens is 462 g/mol. The van der Waals surface area contributed by atoms with Crippen molar-refractivity contribution in [3.8, 4) is 0 Å². The molecule has 6 nitrogen and oxygen atoms in total. The lowest BCUT2D eigenvalue weighted by Gasteiger charge is -2.14. The van der Waals surface area contributed by atoms with Gasteiger partial charge in [0, 0.05) is 30.1 Å². The Morgan fingerprint density at radius 1 is 0.459 bits per heavy atom. The lowest BCUT2D eigenvalue weighted by atomic mass is 9.91. The molecule has 37 heavy (non-hydrogen) atoms. The van der Waals surface area contributed by atoms with E-state index in [1.54, 1.807) is 0 Å². The molecular formula is C31H61N3O3. The summed E-state index contributed by atoms with van der Waals surface area (Å²) in [5.41, 5.74) is 3.27. The van der Waals surface area contributed by atoms with E-state index >= 15 is 0 Å². The summed E-state index contributed by atoms with van der Waals surface area (Å²) in [5.74, 6) is 5.20. The molecule has 0 aliphatic rings. The molecule has 0 spiro atoms. The first-order valence-electron chi connectivity index (χ1n) is 11.6. The standard InChI is InChI=1S/3C9H15NO.4CH4/c1-6-8(9(3,4)5)10-7(2)11-6;1-6-8(9(3,4)5)11-7(2)10-6;1-6-7(2)11-8(10-6)9(3,4)5;;;;/h3*1-5H3;4*1H4. The third-order valence-corrected chi connectivity index (χ3v) is 4.87. The van der Waals surface area contributed by atoms with Crippen LogP contribution in [0.5, 0.6) is 0 Å². The molecule has 0 aromatic carbocycles. The second-order valence-corrected chi connectivity index (χ2v) is 11.7. The van der Waals surface area contributed by atoms with Crippen LogP contribution in [0, 0.1) is 41.5 Å². The van der Waals surface area contributed by atoms with Crippen molar-refractivity contribution in [1.29, 1.82) is 0 Å². The van der Waals surface area contributed by atoms with E-state index in [1.807, 2.05) is 41.5 Å². The van der Waals surface area contributed by atoms with Crippen molar-refractivity contribution < 1.29 is 13.3 Å². The SMILES string of the molecule is C.C.C.C.Cc1nc(C(C)(C)C)c(C)o1.Cc1nc(C(C)(C)C)oc1C.Cc1nc(C)c(C(C)(C)C)o1. The van der Waals surface area contributed by atoms with E-state index < -0.39 is 0 Å². The number of oxazole rings is 3. The summed E-state index contributed by atoms with van der Waals surface area (Å²) in [6.07, 6.45) is 0. The predicted octanol–water partition coefficient (Wildman–Crippen LogP) is 10.3. The Hall–Kier alpha value is -2.37. The summed E-state index contributed by atoms with van der Waals surface area (Å²) in [6, 6.07) is 0. The highest BCUT2D eigenvalue weighted by atomic mass is 16.4. The van der Waals surface area contributed by atoms with Crippen LogP contribution in [0.2, 0.25) is 0 Å². The Morgan fingerprint density at radius 2 is 0.919 bits per heavy atom. The van der Waals surface area contributed by atoms with E-state index in [2.05, 4.69) is 77.3 Å². The van der Waals surface area contributed by atoms with Gasteiger partial charge in [-0.3, -0.25) is 0 Å². The quantitative estimate of drug-likeness (QED) is 0.291. The minimum Gasteiger partial charge on any atom is -0.446 e. The van der Waals surface area contributed by atoms with E-state index in [4.69, 9.17) is 13.3 Å². The van der Waals surface area contributed by atoms with Crippen LogP contribution in [-0.4, -0.2) is 15.0 Å². The summed E-state index contributed by atoms with van der Waals surface area (Å²) in [7, 11) is 0. The maximum atomic E-state index is 5.47. The summed E-state index contributed by atoms with van der Waals surface area (Å²) in [5, 5.41) is 0. The fourth-order valence-electron chi connectivity index (χ4n) is 3.25. The van der Waals surface area contributed by atoms with Gasteiger partial charge in [-0.2, -0.15) is 0 Å². The Morgan fingerprint density at radius 3 is 1.08 bits per heavy atom. The minimum atomic E-state index is 0. The van der Waals surface area contributed by atoms with Crippen molar-refractivity contribution in [1.82, 2.24) is 15.0 Å². The van der Waals surface area contributed by atoms with Crippen molar-refractivity contribution in [2.75, 3.05) is 0 Å². The topological polar surface area (TPSA) is 78.1 Å². The largest absolute Gasteiger partial charge is 0.446 e. The summed E-state index contributed by atoms with van der Waals surface area (Å²) in [4.78, 5) is 12.8. The van der Waals surface area contributed by atoms with Crippen LogP contribution < -0.4 is 0 Å². The normalized spacial score (nSPS) is 10.8. The number of rotatable bonds is 0. The van der Waals surface area contributed by atoms with Crippen molar-refractivity contribution in [3.63, 3.8) is 0 Å². The zero-order valence-corrected chi connectivity index (χ0v) is 23.6. The molecule has 3 aromatic heterocycles. The predicted molar refractivity (Wildman–Crippen MR) is 161 cm³/mol. The van der Waals surface area contributed by atoms with Crippen LogP contribution in [0.3, 0.4) is 0 Å². The smallest absolute Gasteiger partial charge is 0.199 e. The average Bonchev–Trinajstić information content (AvgIpc) is 3.25. The maximum Gasteiger partial charge on any atom is 0.199 e.